The first-order valence-electron chi connectivity index (χ1n) is 10.9. The first-order valence-corrected chi connectivity index (χ1v) is 10.9. The second-order valence-electron chi connectivity index (χ2n) is 8.04. The highest BCUT2D eigenvalue weighted by Gasteiger charge is 2.38. The molecule has 4 aromatic heterocycles. The third-order valence-corrected chi connectivity index (χ3v) is 5.65. The smallest absolute Gasteiger partial charge is 0.475 e. The summed E-state index contributed by atoms with van der Waals surface area (Å²) in [4.78, 5) is 29.2. The maximum Gasteiger partial charge on any atom is 0.490 e. The van der Waals surface area contributed by atoms with Crippen molar-refractivity contribution in [2.24, 2.45) is 0 Å². The van der Waals surface area contributed by atoms with Crippen LogP contribution in [0.25, 0.3) is 27.9 Å². The van der Waals surface area contributed by atoms with Crippen LogP contribution < -0.4 is 10.6 Å². The summed E-state index contributed by atoms with van der Waals surface area (Å²) in [6, 6.07) is 6.08. The number of carboxylic acid groups (broad SMARTS) is 1. The number of hydrogen-bond acceptors (Lipinski definition) is 7. The number of hydrogen-bond donors (Lipinski definition) is 4. The maximum absolute atomic E-state index is 14.5. The fourth-order valence-electron chi connectivity index (χ4n) is 3.98. The van der Waals surface area contributed by atoms with Crippen molar-refractivity contribution >= 4 is 34.2 Å². The summed E-state index contributed by atoms with van der Waals surface area (Å²) in [5.41, 5.74) is 5.86. The number of halogens is 4. The number of imidazole rings is 1. The molecule has 5 aromatic rings. The first kappa shape index (κ1) is 24.1. The molecule has 37 heavy (non-hydrogen) atoms. The van der Waals surface area contributed by atoms with Crippen molar-refractivity contribution in [3.05, 3.63) is 66.3 Å². The van der Waals surface area contributed by atoms with Gasteiger partial charge in [-0.3, -0.25) is 9.38 Å². The number of aliphatic carboxylic acids is 1. The molecule has 0 aliphatic carbocycles. The van der Waals surface area contributed by atoms with Crippen molar-refractivity contribution in [2.45, 2.75) is 19.1 Å². The van der Waals surface area contributed by atoms with Gasteiger partial charge in [-0.25, -0.2) is 24.1 Å². The van der Waals surface area contributed by atoms with Crippen LogP contribution in [0.3, 0.4) is 0 Å². The third-order valence-electron chi connectivity index (χ3n) is 5.65. The molecule has 0 spiro atoms. The van der Waals surface area contributed by atoms with E-state index in [1.54, 1.807) is 29.2 Å². The minimum atomic E-state index is -5.08. The number of anilines is 2. The van der Waals surface area contributed by atoms with Crippen molar-refractivity contribution in [1.29, 1.82) is 0 Å². The largest absolute Gasteiger partial charge is 0.490 e. The molecule has 0 saturated carbocycles. The van der Waals surface area contributed by atoms with Crippen LogP contribution in [-0.4, -0.2) is 53.1 Å². The van der Waals surface area contributed by atoms with Crippen LogP contribution in [-0.2, 0) is 17.8 Å². The lowest BCUT2D eigenvalue weighted by atomic mass is 10.1. The Kier molecular flexibility index (Phi) is 6.17. The van der Waals surface area contributed by atoms with Crippen molar-refractivity contribution in [3.63, 3.8) is 0 Å². The number of aromatic nitrogens is 6. The van der Waals surface area contributed by atoms with Gasteiger partial charge in [0.1, 0.15) is 5.69 Å². The van der Waals surface area contributed by atoms with E-state index in [0.29, 0.717) is 17.3 Å². The van der Waals surface area contributed by atoms with Gasteiger partial charge in [0, 0.05) is 54.2 Å². The van der Waals surface area contributed by atoms with E-state index in [1.807, 2.05) is 12.1 Å². The van der Waals surface area contributed by atoms with E-state index in [4.69, 9.17) is 9.90 Å². The molecule has 190 valence electrons. The monoisotopic (exact) mass is 514 g/mol. The summed E-state index contributed by atoms with van der Waals surface area (Å²) in [5, 5.41) is 14.9. The van der Waals surface area contributed by atoms with Gasteiger partial charge >= 0.3 is 12.1 Å². The van der Waals surface area contributed by atoms with Gasteiger partial charge in [0.2, 0.25) is 5.95 Å². The molecule has 1 aliphatic heterocycles. The Morgan fingerprint density at radius 3 is 2.76 bits per heavy atom. The normalized spacial score (nSPS) is 13.2. The van der Waals surface area contributed by atoms with Gasteiger partial charge in [0.25, 0.3) is 0 Å². The standard InChI is InChI=1S/C21H17FN8.C2HF3O2/c22-15-9-26-21(29-20(15)18-10-25-19-11-24-5-6-30(18)19)27-12-1-2-16-13(7-12)14-8-23-4-3-17(14)28-16;3-2(4,5)1(6)7/h1-2,5-7,9-11,23,28H,3-4,8H2,(H,26,27,29);(H,6,7). The van der Waals surface area contributed by atoms with Crippen LogP contribution in [0.1, 0.15) is 11.3 Å². The van der Waals surface area contributed by atoms with Gasteiger partial charge in [-0.05, 0) is 23.8 Å². The zero-order valence-electron chi connectivity index (χ0n) is 18.8. The molecule has 0 atom stereocenters. The Hall–Kier alpha value is -4.59. The van der Waals surface area contributed by atoms with Gasteiger partial charge in [-0.15, -0.1) is 0 Å². The Balaban J connectivity index is 0.000000355. The third kappa shape index (κ3) is 4.91. The van der Waals surface area contributed by atoms with Gasteiger partial charge in [-0.1, -0.05) is 0 Å². The molecule has 0 bridgehead atoms. The minimum Gasteiger partial charge on any atom is -0.475 e. The average molecular weight is 514 g/mol. The molecule has 1 aromatic carbocycles. The predicted molar refractivity (Wildman–Crippen MR) is 125 cm³/mol. The van der Waals surface area contributed by atoms with E-state index in [-0.39, 0.29) is 5.69 Å². The summed E-state index contributed by atoms with van der Waals surface area (Å²) >= 11 is 0. The lowest BCUT2D eigenvalue weighted by Crippen LogP contribution is -2.22. The van der Waals surface area contributed by atoms with Gasteiger partial charge < -0.3 is 20.7 Å². The lowest BCUT2D eigenvalue weighted by molar-refractivity contribution is -0.192. The van der Waals surface area contributed by atoms with E-state index in [9.17, 15) is 17.6 Å². The molecular weight excluding hydrogens is 496 g/mol. The summed E-state index contributed by atoms with van der Waals surface area (Å²) in [7, 11) is 0. The molecule has 10 nitrogen and oxygen atoms in total. The molecule has 0 radical (unpaired) electrons. The molecule has 6 rings (SSSR count). The highest BCUT2D eigenvalue weighted by atomic mass is 19.4. The molecule has 4 N–H and O–H groups in total. The number of fused-ring (bicyclic) bond motifs is 4. The van der Waals surface area contributed by atoms with E-state index in [2.05, 4.69) is 41.6 Å². The SMILES string of the molecule is Fc1cnc(Nc2ccc3[nH]c4c(c3c2)CNCC4)nc1-c1cnc2cnccn12.O=C(O)C(F)(F)F. The Labute approximate surface area is 205 Å². The van der Waals surface area contributed by atoms with Crippen LogP contribution in [0, 0.1) is 5.82 Å². The van der Waals surface area contributed by atoms with Crippen LogP contribution in [0.15, 0.2) is 49.2 Å². The molecule has 5 heterocycles. The summed E-state index contributed by atoms with van der Waals surface area (Å²) in [6.07, 6.45) is 3.63. The van der Waals surface area contributed by atoms with E-state index in [0.717, 1.165) is 30.7 Å². The first-order chi connectivity index (χ1) is 17.7. The number of carboxylic acids is 1. The highest BCUT2D eigenvalue weighted by molar-refractivity contribution is 5.88. The molecular formula is C23H18F4N8O2. The van der Waals surface area contributed by atoms with Crippen molar-refractivity contribution < 1.29 is 27.5 Å². The van der Waals surface area contributed by atoms with Crippen molar-refractivity contribution in [1.82, 2.24) is 34.6 Å². The average Bonchev–Trinajstić information content (AvgIpc) is 3.46. The number of carbonyl (C=O) groups is 1. The maximum atomic E-state index is 14.5. The van der Waals surface area contributed by atoms with Crippen LogP contribution in [0.2, 0.25) is 0 Å². The molecule has 0 unspecified atom stereocenters. The highest BCUT2D eigenvalue weighted by Crippen LogP contribution is 2.29. The topological polar surface area (TPSA) is 133 Å². The predicted octanol–water partition coefficient (Wildman–Crippen LogP) is 3.83. The Bertz CT molecular complexity index is 1610. The zero-order valence-corrected chi connectivity index (χ0v) is 18.8. The number of H-pyrrole nitrogens is 1. The zero-order chi connectivity index (χ0) is 26.2. The molecule has 0 amide bonds. The molecule has 1 aliphatic rings. The van der Waals surface area contributed by atoms with Crippen molar-refractivity contribution in [2.75, 3.05) is 11.9 Å². The Morgan fingerprint density at radius 1 is 1.16 bits per heavy atom. The number of rotatable bonds is 3. The second-order valence-corrected chi connectivity index (χ2v) is 8.04. The Morgan fingerprint density at radius 2 is 1.97 bits per heavy atom. The summed E-state index contributed by atoms with van der Waals surface area (Å²) in [6.45, 7) is 1.83. The van der Waals surface area contributed by atoms with Crippen LogP contribution >= 0.6 is 0 Å². The molecule has 0 fully saturated rings. The summed E-state index contributed by atoms with van der Waals surface area (Å²) < 4.78 is 48.0. The van der Waals surface area contributed by atoms with E-state index < -0.39 is 18.0 Å². The van der Waals surface area contributed by atoms with E-state index in [1.165, 1.54) is 22.8 Å². The number of nitrogens with one attached hydrogen (secondary N) is 3. The molecule has 0 saturated heterocycles. The number of benzene rings is 1. The quantitative estimate of drug-likeness (QED) is 0.267. The molecule has 14 heteroatoms. The van der Waals surface area contributed by atoms with Gasteiger partial charge in [-0.2, -0.15) is 13.2 Å². The van der Waals surface area contributed by atoms with Crippen molar-refractivity contribution in [3.8, 4) is 11.4 Å². The van der Waals surface area contributed by atoms with Crippen LogP contribution in [0.4, 0.5) is 29.2 Å². The number of nitrogens with zero attached hydrogens (tertiary/aromatic N) is 5. The van der Waals surface area contributed by atoms with Gasteiger partial charge in [0.05, 0.1) is 24.3 Å². The fourth-order valence-corrected chi connectivity index (χ4v) is 3.98. The lowest BCUT2D eigenvalue weighted by Gasteiger charge is -2.12. The number of alkyl halides is 3. The summed E-state index contributed by atoms with van der Waals surface area (Å²) in [5.74, 6) is -2.95. The number of aromatic amines is 1. The van der Waals surface area contributed by atoms with Gasteiger partial charge in [0.15, 0.2) is 11.5 Å². The fraction of sp³-hybridized carbons (Fsp3) is 0.174. The van der Waals surface area contributed by atoms with Crippen LogP contribution in [0.5, 0.6) is 0 Å². The second kappa shape index (κ2) is 9.46. The minimum absolute atomic E-state index is 0.176. The van der Waals surface area contributed by atoms with E-state index >= 15 is 0 Å².